The van der Waals surface area contributed by atoms with E-state index in [1.54, 1.807) is 24.3 Å². The van der Waals surface area contributed by atoms with Gasteiger partial charge in [0.2, 0.25) is 0 Å². The number of imide groups is 1. The fourth-order valence-corrected chi connectivity index (χ4v) is 4.76. The number of carbonyl (C=O) groups excluding carboxylic acids is 4. The number of nitrogens with zero attached hydrogens (tertiary/aromatic N) is 5. The summed E-state index contributed by atoms with van der Waals surface area (Å²) in [5.74, 6) is -2.29. The number of rotatable bonds is 1. The molecule has 3 saturated heterocycles. The van der Waals surface area contributed by atoms with Crippen LogP contribution in [-0.2, 0) is 19.1 Å². The minimum atomic E-state index is -0.995. The highest BCUT2D eigenvalue weighted by atomic mass is 16.5. The van der Waals surface area contributed by atoms with Gasteiger partial charge in [-0.25, -0.2) is 19.5 Å². The Labute approximate surface area is 170 Å². The number of likely N-dealkylation sites (tertiary alicyclic amines) is 1. The third-order valence-corrected chi connectivity index (χ3v) is 6.01. The van der Waals surface area contributed by atoms with E-state index in [-0.39, 0.29) is 18.3 Å². The Balaban J connectivity index is 1.55. The molecule has 3 aliphatic heterocycles. The summed E-state index contributed by atoms with van der Waals surface area (Å²) in [4.78, 5) is 58.5. The first-order valence-corrected chi connectivity index (χ1v) is 9.31. The van der Waals surface area contributed by atoms with Gasteiger partial charge >= 0.3 is 17.9 Å². The summed E-state index contributed by atoms with van der Waals surface area (Å²) in [7, 11) is 1.12. The van der Waals surface area contributed by atoms with Crippen molar-refractivity contribution in [3.8, 4) is 6.07 Å². The van der Waals surface area contributed by atoms with Crippen molar-refractivity contribution in [2.45, 2.75) is 24.5 Å². The third kappa shape index (κ3) is 2.20. The van der Waals surface area contributed by atoms with Crippen LogP contribution in [0.1, 0.15) is 12.1 Å². The maximum Gasteiger partial charge on any atom is 0.396 e. The summed E-state index contributed by atoms with van der Waals surface area (Å²) in [6.45, 7) is 0.175. The molecule has 0 N–H and O–H groups in total. The maximum absolute atomic E-state index is 13.3. The van der Waals surface area contributed by atoms with Crippen molar-refractivity contribution < 1.29 is 23.9 Å². The monoisotopic (exact) mass is 405 g/mol. The number of fused-ring (bicyclic) bond motifs is 6. The number of amides is 4. The summed E-state index contributed by atoms with van der Waals surface area (Å²) in [6, 6.07) is 6.65. The number of urea groups is 1. The zero-order valence-corrected chi connectivity index (χ0v) is 15.8. The van der Waals surface area contributed by atoms with Crippen LogP contribution in [0.15, 0.2) is 30.5 Å². The molecule has 1 unspecified atom stereocenters. The lowest BCUT2D eigenvalue weighted by Gasteiger charge is -2.34. The van der Waals surface area contributed by atoms with Crippen LogP contribution in [0.5, 0.6) is 0 Å². The van der Waals surface area contributed by atoms with Crippen LogP contribution < -0.4 is 4.90 Å². The van der Waals surface area contributed by atoms with E-state index in [2.05, 4.69) is 9.72 Å². The predicted octanol–water partition coefficient (Wildman–Crippen LogP) is 0.400. The molecule has 150 valence electrons. The lowest BCUT2D eigenvalue weighted by Crippen LogP contribution is -2.56. The van der Waals surface area contributed by atoms with Crippen LogP contribution in [0.3, 0.4) is 0 Å². The van der Waals surface area contributed by atoms with Crippen LogP contribution in [0.25, 0.3) is 10.8 Å². The van der Waals surface area contributed by atoms with E-state index in [0.717, 1.165) is 12.0 Å². The number of nitriles is 1. The van der Waals surface area contributed by atoms with Gasteiger partial charge < -0.3 is 14.5 Å². The van der Waals surface area contributed by atoms with Crippen molar-refractivity contribution in [3.63, 3.8) is 0 Å². The van der Waals surface area contributed by atoms with Crippen molar-refractivity contribution in [2.24, 2.45) is 0 Å². The molecule has 2 bridgehead atoms. The van der Waals surface area contributed by atoms with Crippen molar-refractivity contribution >= 4 is 40.3 Å². The summed E-state index contributed by atoms with van der Waals surface area (Å²) in [6.07, 6.45) is 1.78. The molecule has 0 aliphatic carbocycles. The van der Waals surface area contributed by atoms with E-state index in [4.69, 9.17) is 0 Å². The number of esters is 1. The molecule has 30 heavy (non-hydrogen) atoms. The summed E-state index contributed by atoms with van der Waals surface area (Å²) in [5, 5.41) is 10.4. The van der Waals surface area contributed by atoms with Crippen molar-refractivity contribution in [1.82, 2.24) is 14.8 Å². The number of hydrogen-bond acceptors (Lipinski definition) is 7. The molecule has 3 aliphatic rings. The molecule has 2 aromatic rings. The molecular weight excluding hydrogens is 390 g/mol. The molecule has 3 atom stereocenters. The maximum atomic E-state index is 13.3. The van der Waals surface area contributed by atoms with E-state index in [9.17, 15) is 24.4 Å². The number of benzene rings is 1. The smallest absolute Gasteiger partial charge is 0.396 e. The fraction of sp³-hybridized carbons (Fsp3) is 0.300. The molecule has 1 aromatic heterocycles. The molecule has 3 fully saturated rings. The normalized spacial score (nSPS) is 24.4. The highest BCUT2D eigenvalue weighted by Gasteiger charge is 2.63. The van der Waals surface area contributed by atoms with Crippen molar-refractivity contribution in [2.75, 3.05) is 18.6 Å². The van der Waals surface area contributed by atoms with Gasteiger partial charge in [0.1, 0.15) is 17.8 Å². The van der Waals surface area contributed by atoms with E-state index < -0.39 is 35.9 Å². The predicted molar refractivity (Wildman–Crippen MR) is 101 cm³/mol. The summed E-state index contributed by atoms with van der Waals surface area (Å²) < 4.78 is 4.51. The SMILES string of the molecule is COC(=O)C(=O)N1C[C@H]2CC1[C@@H]1C(=O)N(c3cnc(C#N)c4ccccc34)C(=O)N21. The lowest BCUT2D eigenvalue weighted by atomic mass is 10.1. The molecule has 0 radical (unpaired) electrons. The van der Waals surface area contributed by atoms with Gasteiger partial charge in [-0.05, 0) is 6.42 Å². The minimum absolute atomic E-state index is 0.175. The summed E-state index contributed by atoms with van der Waals surface area (Å²) in [5.41, 5.74) is 0.489. The second kappa shape index (κ2) is 6.25. The molecule has 10 nitrogen and oxygen atoms in total. The largest absolute Gasteiger partial charge is 0.462 e. The van der Waals surface area contributed by atoms with Crippen LogP contribution in [0.2, 0.25) is 0 Å². The van der Waals surface area contributed by atoms with Crippen LogP contribution in [0, 0.1) is 11.3 Å². The van der Waals surface area contributed by atoms with Gasteiger partial charge in [-0.2, -0.15) is 5.26 Å². The van der Waals surface area contributed by atoms with Crippen molar-refractivity contribution in [3.05, 3.63) is 36.2 Å². The number of methoxy groups -OCH3 is 1. The van der Waals surface area contributed by atoms with Gasteiger partial charge in [-0.15, -0.1) is 0 Å². The zero-order valence-electron chi connectivity index (χ0n) is 15.8. The molecular formula is C20H15N5O5. The number of anilines is 1. The third-order valence-electron chi connectivity index (χ3n) is 6.01. The Morgan fingerprint density at radius 1 is 1.23 bits per heavy atom. The molecule has 10 heteroatoms. The van der Waals surface area contributed by atoms with Gasteiger partial charge in [0.15, 0.2) is 0 Å². The number of hydrogen-bond donors (Lipinski definition) is 0. The number of carbonyl (C=O) groups is 4. The fourth-order valence-electron chi connectivity index (χ4n) is 4.76. The van der Waals surface area contributed by atoms with Crippen molar-refractivity contribution in [1.29, 1.82) is 5.26 Å². The van der Waals surface area contributed by atoms with Crippen LogP contribution in [-0.4, -0.2) is 70.4 Å². The number of pyridine rings is 1. The van der Waals surface area contributed by atoms with Gasteiger partial charge in [0.25, 0.3) is 5.91 Å². The first kappa shape index (κ1) is 18.1. The first-order chi connectivity index (χ1) is 14.5. The number of aromatic nitrogens is 1. The van der Waals surface area contributed by atoms with Crippen LogP contribution >= 0.6 is 0 Å². The molecule has 0 saturated carbocycles. The highest BCUT2D eigenvalue weighted by molar-refractivity contribution is 6.33. The molecule has 4 amide bonds. The van der Waals surface area contributed by atoms with Crippen LogP contribution in [0.4, 0.5) is 10.5 Å². The standard InChI is InChI=1S/C20H15N5O5/c1-30-19(28)18(27)23-9-10-6-14(23)16-17(26)25(20(29)24(10)16)15-8-22-13(7-21)11-4-2-3-5-12(11)15/h2-5,8,10,14,16H,6,9H2,1H3/t10-,14?,16-/m1/s1. The van der Waals surface area contributed by atoms with Gasteiger partial charge in [-0.3, -0.25) is 9.59 Å². The topological polar surface area (TPSA) is 124 Å². The average molecular weight is 405 g/mol. The van der Waals surface area contributed by atoms with E-state index in [1.807, 2.05) is 6.07 Å². The highest BCUT2D eigenvalue weighted by Crippen LogP contribution is 2.43. The Bertz CT molecular complexity index is 1190. The van der Waals surface area contributed by atoms with Gasteiger partial charge in [0, 0.05) is 17.3 Å². The number of ether oxygens (including phenoxy) is 1. The minimum Gasteiger partial charge on any atom is -0.462 e. The Morgan fingerprint density at radius 2 is 1.97 bits per heavy atom. The first-order valence-electron chi connectivity index (χ1n) is 9.31. The summed E-state index contributed by atoms with van der Waals surface area (Å²) >= 11 is 0. The Morgan fingerprint density at radius 3 is 2.67 bits per heavy atom. The Kier molecular flexibility index (Phi) is 3.76. The second-order valence-electron chi connectivity index (χ2n) is 7.36. The van der Waals surface area contributed by atoms with E-state index >= 15 is 0 Å². The molecule has 1 aromatic carbocycles. The van der Waals surface area contributed by atoms with Gasteiger partial charge in [0.05, 0.1) is 31.1 Å². The molecule has 5 rings (SSSR count). The van der Waals surface area contributed by atoms with Gasteiger partial charge in [-0.1, -0.05) is 24.3 Å². The molecule has 4 heterocycles. The lowest BCUT2D eigenvalue weighted by molar-refractivity contribution is -0.160. The average Bonchev–Trinajstić information content (AvgIpc) is 3.43. The molecule has 0 spiro atoms. The Hall–Kier alpha value is -4.00. The zero-order chi connectivity index (χ0) is 21.2. The number of piperazine rings is 1. The second-order valence-corrected chi connectivity index (χ2v) is 7.36. The van der Waals surface area contributed by atoms with E-state index in [0.29, 0.717) is 22.9 Å². The van der Waals surface area contributed by atoms with E-state index in [1.165, 1.54) is 16.0 Å². The quantitative estimate of drug-likeness (QED) is 0.382.